The zero-order chi connectivity index (χ0) is 16.0. The Morgan fingerprint density at radius 1 is 1.30 bits per heavy atom. The van der Waals surface area contributed by atoms with Crippen LogP contribution in [0.15, 0.2) is 15.3 Å². The molecule has 1 saturated heterocycles. The zero-order valence-corrected chi connectivity index (χ0v) is 13.0. The Morgan fingerprint density at radius 2 is 2.04 bits per heavy atom. The van der Waals surface area contributed by atoms with Crippen molar-refractivity contribution in [3.63, 3.8) is 0 Å². The summed E-state index contributed by atoms with van der Waals surface area (Å²) in [6.07, 6.45) is 3.75. The molecule has 2 fully saturated rings. The Kier molecular flexibility index (Phi) is 3.14. The molecule has 0 aromatic carbocycles. The number of nitrogens with one attached hydrogen (secondary N) is 2. The van der Waals surface area contributed by atoms with Crippen LogP contribution in [0.2, 0.25) is 0 Å². The molecular formula is C15H19N5O3. The first kappa shape index (κ1) is 14.2. The molecule has 2 aromatic heterocycles. The van der Waals surface area contributed by atoms with Crippen molar-refractivity contribution < 1.29 is 9.21 Å². The zero-order valence-electron chi connectivity index (χ0n) is 13.0. The number of amides is 1. The van der Waals surface area contributed by atoms with E-state index in [2.05, 4.69) is 27.3 Å². The molecule has 2 aliphatic rings. The van der Waals surface area contributed by atoms with Gasteiger partial charge in [-0.05, 0) is 31.7 Å². The van der Waals surface area contributed by atoms with Gasteiger partial charge in [-0.25, -0.2) is 9.89 Å². The van der Waals surface area contributed by atoms with Crippen molar-refractivity contribution in [2.45, 2.75) is 43.9 Å². The molecule has 0 bridgehead atoms. The number of likely N-dealkylation sites (tertiary alicyclic amines) is 1. The molecule has 8 heteroatoms. The molecule has 0 radical (unpaired) electrons. The first-order valence-corrected chi connectivity index (χ1v) is 7.96. The second-order valence-electron chi connectivity index (χ2n) is 6.75. The minimum Gasteiger partial charge on any atom is -0.392 e. The SMILES string of the molecule is CC1(c2cc(C(=O)N3CCC(c4n[nH]c(=O)o4)CC3)n[nH]2)CC1. The van der Waals surface area contributed by atoms with E-state index in [1.807, 2.05) is 6.07 Å². The van der Waals surface area contributed by atoms with E-state index in [4.69, 9.17) is 4.42 Å². The van der Waals surface area contributed by atoms with Gasteiger partial charge in [-0.3, -0.25) is 9.89 Å². The van der Waals surface area contributed by atoms with Crippen LogP contribution in [-0.2, 0) is 5.41 Å². The van der Waals surface area contributed by atoms with Gasteiger partial charge in [0.2, 0.25) is 5.89 Å². The Hall–Kier alpha value is -2.38. The second kappa shape index (κ2) is 5.07. The average Bonchev–Trinajstić information content (AvgIpc) is 2.98. The number of hydrogen-bond donors (Lipinski definition) is 2. The monoisotopic (exact) mass is 317 g/mol. The Balaban J connectivity index is 1.40. The quantitative estimate of drug-likeness (QED) is 0.883. The van der Waals surface area contributed by atoms with Gasteiger partial charge in [-0.2, -0.15) is 5.10 Å². The number of nitrogens with zero attached hydrogens (tertiary/aromatic N) is 3. The third-order valence-corrected chi connectivity index (χ3v) is 5.03. The summed E-state index contributed by atoms with van der Waals surface area (Å²) in [6, 6.07) is 1.88. The van der Waals surface area contributed by atoms with Gasteiger partial charge in [0, 0.05) is 30.1 Å². The van der Waals surface area contributed by atoms with Crippen LogP contribution in [0.5, 0.6) is 0 Å². The van der Waals surface area contributed by atoms with E-state index in [0.717, 1.165) is 31.4 Å². The molecule has 3 heterocycles. The van der Waals surface area contributed by atoms with E-state index < -0.39 is 5.76 Å². The maximum Gasteiger partial charge on any atom is 0.434 e. The molecule has 1 amide bonds. The van der Waals surface area contributed by atoms with Crippen LogP contribution < -0.4 is 5.76 Å². The highest BCUT2D eigenvalue weighted by Crippen LogP contribution is 2.46. The van der Waals surface area contributed by atoms with Crippen molar-refractivity contribution in [2.75, 3.05) is 13.1 Å². The maximum absolute atomic E-state index is 12.6. The standard InChI is InChI=1S/C15H19N5O3/c1-15(4-5-15)11-8-10(16-17-11)13(21)20-6-2-9(3-7-20)12-18-19-14(22)23-12/h8-9H,2-7H2,1H3,(H,16,17)(H,19,22). The normalized spacial score (nSPS) is 20.7. The fraction of sp³-hybridized carbons (Fsp3) is 0.600. The summed E-state index contributed by atoms with van der Waals surface area (Å²) in [5.41, 5.74) is 1.71. The van der Waals surface area contributed by atoms with E-state index in [0.29, 0.717) is 24.7 Å². The smallest absolute Gasteiger partial charge is 0.392 e. The number of aromatic nitrogens is 4. The lowest BCUT2D eigenvalue weighted by atomic mass is 9.96. The van der Waals surface area contributed by atoms with Crippen LogP contribution in [0.3, 0.4) is 0 Å². The van der Waals surface area contributed by atoms with Gasteiger partial charge < -0.3 is 9.32 Å². The van der Waals surface area contributed by atoms with E-state index >= 15 is 0 Å². The van der Waals surface area contributed by atoms with Crippen molar-refractivity contribution in [1.82, 2.24) is 25.3 Å². The Morgan fingerprint density at radius 3 is 2.65 bits per heavy atom. The highest BCUT2D eigenvalue weighted by atomic mass is 16.4. The minimum atomic E-state index is -0.531. The molecule has 0 atom stereocenters. The van der Waals surface area contributed by atoms with Gasteiger partial charge in [0.05, 0.1) is 0 Å². The number of hydrogen-bond acceptors (Lipinski definition) is 5. The highest BCUT2D eigenvalue weighted by molar-refractivity contribution is 5.92. The van der Waals surface area contributed by atoms with Gasteiger partial charge in [0.25, 0.3) is 5.91 Å². The van der Waals surface area contributed by atoms with Gasteiger partial charge in [0.15, 0.2) is 0 Å². The van der Waals surface area contributed by atoms with E-state index in [-0.39, 0.29) is 17.2 Å². The van der Waals surface area contributed by atoms with Crippen LogP contribution >= 0.6 is 0 Å². The number of aromatic amines is 2. The molecule has 4 rings (SSSR count). The average molecular weight is 317 g/mol. The second-order valence-corrected chi connectivity index (χ2v) is 6.75. The van der Waals surface area contributed by atoms with Crippen LogP contribution in [0.25, 0.3) is 0 Å². The summed E-state index contributed by atoms with van der Waals surface area (Å²) in [6.45, 7) is 3.40. The lowest BCUT2D eigenvalue weighted by Gasteiger charge is -2.29. The largest absolute Gasteiger partial charge is 0.434 e. The molecule has 8 nitrogen and oxygen atoms in total. The number of piperidine rings is 1. The van der Waals surface area contributed by atoms with Gasteiger partial charge >= 0.3 is 5.76 Å². The van der Waals surface area contributed by atoms with E-state index in [1.54, 1.807) is 4.90 Å². The number of rotatable bonds is 3. The third kappa shape index (κ3) is 2.58. The van der Waals surface area contributed by atoms with Gasteiger partial charge in [0.1, 0.15) is 5.69 Å². The minimum absolute atomic E-state index is 0.0429. The summed E-state index contributed by atoms with van der Waals surface area (Å²) in [5, 5.41) is 13.4. The molecule has 0 unspecified atom stereocenters. The predicted molar refractivity (Wildman–Crippen MR) is 80.2 cm³/mol. The van der Waals surface area contributed by atoms with Crippen molar-refractivity contribution in [3.8, 4) is 0 Å². The molecule has 23 heavy (non-hydrogen) atoms. The lowest BCUT2D eigenvalue weighted by molar-refractivity contribution is 0.0700. The van der Waals surface area contributed by atoms with Crippen LogP contribution in [-0.4, -0.2) is 44.3 Å². The fourth-order valence-electron chi connectivity index (χ4n) is 3.10. The third-order valence-electron chi connectivity index (χ3n) is 5.03. The van der Waals surface area contributed by atoms with E-state index in [9.17, 15) is 9.59 Å². The number of H-pyrrole nitrogens is 2. The molecule has 2 aromatic rings. The first-order chi connectivity index (χ1) is 11.0. The lowest BCUT2D eigenvalue weighted by Crippen LogP contribution is -2.38. The first-order valence-electron chi connectivity index (χ1n) is 7.96. The van der Waals surface area contributed by atoms with Crippen molar-refractivity contribution in [1.29, 1.82) is 0 Å². The van der Waals surface area contributed by atoms with Crippen LogP contribution in [0.1, 0.15) is 60.6 Å². The summed E-state index contributed by atoms with van der Waals surface area (Å²) < 4.78 is 5.01. The molecule has 122 valence electrons. The van der Waals surface area contributed by atoms with Crippen molar-refractivity contribution >= 4 is 5.91 Å². The molecular weight excluding hydrogens is 298 g/mol. The predicted octanol–water partition coefficient (Wildman–Crippen LogP) is 1.16. The van der Waals surface area contributed by atoms with Gasteiger partial charge in [-0.15, -0.1) is 5.10 Å². The fourth-order valence-corrected chi connectivity index (χ4v) is 3.10. The Bertz CT molecular complexity index is 777. The molecule has 1 saturated carbocycles. The maximum atomic E-state index is 12.6. The topological polar surface area (TPSA) is 108 Å². The van der Waals surface area contributed by atoms with E-state index in [1.165, 1.54) is 0 Å². The molecule has 0 spiro atoms. The summed E-state index contributed by atoms with van der Waals surface area (Å²) in [4.78, 5) is 25.4. The van der Waals surface area contributed by atoms with Crippen molar-refractivity contribution in [2.24, 2.45) is 0 Å². The Labute approximate surface area is 132 Å². The molecule has 1 aliphatic heterocycles. The molecule has 2 N–H and O–H groups in total. The van der Waals surface area contributed by atoms with Gasteiger partial charge in [-0.1, -0.05) is 6.92 Å². The van der Waals surface area contributed by atoms with Crippen molar-refractivity contribution in [3.05, 3.63) is 33.9 Å². The molecule has 1 aliphatic carbocycles. The number of carbonyl (C=O) groups excluding carboxylic acids is 1. The summed E-state index contributed by atoms with van der Waals surface area (Å²) in [5.74, 6) is -0.0567. The number of carbonyl (C=O) groups is 1. The summed E-state index contributed by atoms with van der Waals surface area (Å²) >= 11 is 0. The van der Waals surface area contributed by atoms with Crippen LogP contribution in [0.4, 0.5) is 0 Å². The van der Waals surface area contributed by atoms with Crippen LogP contribution in [0, 0.1) is 0 Å². The summed E-state index contributed by atoms with van der Waals surface area (Å²) in [7, 11) is 0. The highest BCUT2D eigenvalue weighted by Gasteiger charge is 2.41.